The third-order valence-corrected chi connectivity index (χ3v) is 3.69. The minimum atomic E-state index is -3.93. The first-order valence-electron chi connectivity index (χ1n) is 6.02. The maximum absolute atomic E-state index is 13.0. The van der Waals surface area contributed by atoms with E-state index in [1.54, 1.807) is 12.1 Å². The molecule has 0 aliphatic carbocycles. The highest BCUT2D eigenvalue weighted by molar-refractivity contribution is 7.89. The summed E-state index contributed by atoms with van der Waals surface area (Å²) in [5, 5.41) is 7.54. The summed E-state index contributed by atoms with van der Waals surface area (Å²) in [6.07, 6.45) is -0.0727. The molecule has 5 nitrogen and oxygen atoms in total. The summed E-state index contributed by atoms with van der Waals surface area (Å²) in [6.45, 7) is 0. The average molecular weight is 308 g/mol. The maximum atomic E-state index is 13.0. The number of primary sulfonamides is 1. The van der Waals surface area contributed by atoms with Crippen LogP contribution in [0.1, 0.15) is 5.56 Å². The number of sulfonamides is 1. The normalized spacial score (nSPS) is 11.1. The molecule has 1 amide bonds. The molecule has 0 fully saturated rings. The molecule has 2 aromatic rings. The van der Waals surface area contributed by atoms with Crippen molar-refractivity contribution in [3.63, 3.8) is 0 Å². The Morgan fingerprint density at radius 1 is 1.14 bits per heavy atom. The number of nitrogens with two attached hydrogens (primary N) is 1. The van der Waals surface area contributed by atoms with Crippen LogP contribution in [0.4, 0.5) is 10.1 Å². The zero-order chi connectivity index (χ0) is 15.5. The lowest BCUT2D eigenvalue weighted by Gasteiger charge is -2.09. The molecule has 0 saturated heterocycles. The van der Waals surface area contributed by atoms with Crippen molar-refractivity contribution in [1.29, 1.82) is 0 Å². The summed E-state index contributed by atoms with van der Waals surface area (Å²) in [7, 11) is -3.93. The van der Waals surface area contributed by atoms with Crippen molar-refractivity contribution in [2.24, 2.45) is 5.14 Å². The van der Waals surface area contributed by atoms with E-state index in [9.17, 15) is 17.6 Å². The molecule has 0 radical (unpaired) electrons. The number of anilines is 1. The summed E-state index contributed by atoms with van der Waals surface area (Å²) in [6, 6.07) is 11.4. The van der Waals surface area contributed by atoms with E-state index >= 15 is 0 Å². The Morgan fingerprint density at radius 3 is 2.52 bits per heavy atom. The monoisotopic (exact) mass is 308 g/mol. The standard InChI is InChI=1S/C14H13FN2O3S/c15-11-5-3-4-10(8-11)9-14(18)17-12-6-1-2-7-13(12)21(16,19)20/h1-8H,9H2,(H,17,18)(H2,16,19,20). The maximum Gasteiger partial charge on any atom is 0.240 e. The summed E-state index contributed by atoms with van der Waals surface area (Å²) in [4.78, 5) is 11.7. The fourth-order valence-electron chi connectivity index (χ4n) is 1.84. The predicted octanol–water partition coefficient (Wildman–Crippen LogP) is 1.65. The Kier molecular flexibility index (Phi) is 4.35. The number of amides is 1. The van der Waals surface area contributed by atoms with Crippen LogP contribution in [-0.2, 0) is 21.2 Å². The lowest BCUT2D eigenvalue weighted by Crippen LogP contribution is -2.19. The molecular weight excluding hydrogens is 295 g/mol. The van der Waals surface area contributed by atoms with Gasteiger partial charge in [-0.2, -0.15) is 0 Å². The third kappa shape index (κ3) is 4.11. The molecule has 0 bridgehead atoms. The van der Waals surface area contributed by atoms with Crippen molar-refractivity contribution in [3.8, 4) is 0 Å². The fraction of sp³-hybridized carbons (Fsp3) is 0.0714. The van der Waals surface area contributed by atoms with Gasteiger partial charge in [0.05, 0.1) is 12.1 Å². The van der Waals surface area contributed by atoms with Gasteiger partial charge in [-0.05, 0) is 29.8 Å². The van der Waals surface area contributed by atoms with Crippen LogP contribution in [0.25, 0.3) is 0 Å². The van der Waals surface area contributed by atoms with Crippen LogP contribution in [0.3, 0.4) is 0 Å². The number of nitrogens with one attached hydrogen (secondary N) is 1. The molecule has 0 aliphatic rings. The largest absolute Gasteiger partial charge is 0.325 e. The van der Waals surface area contributed by atoms with E-state index < -0.39 is 21.7 Å². The van der Waals surface area contributed by atoms with Crippen LogP contribution in [-0.4, -0.2) is 14.3 Å². The third-order valence-electron chi connectivity index (χ3n) is 2.72. The van der Waals surface area contributed by atoms with Gasteiger partial charge >= 0.3 is 0 Å². The second-order valence-electron chi connectivity index (χ2n) is 4.40. The highest BCUT2D eigenvalue weighted by atomic mass is 32.2. The van der Waals surface area contributed by atoms with Crippen LogP contribution in [0.2, 0.25) is 0 Å². The van der Waals surface area contributed by atoms with Crippen LogP contribution in [0.15, 0.2) is 53.4 Å². The van der Waals surface area contributed by atoms with E-state index in [1.165, 1.54) is 36.4 Å². The van der Waals surface area contributed by atoms with Gasteiger partial charge in [-0.25, -0.2) is 17.9 Å². The molecule has 0 saturated carbocycles. The number of hydrogen-bond acceptors (Lipinski definition) is 3. The molecular formula is C14H13FN2O3S. The van der Waals surface area contributed by atoms with Gasteiger partial charge in [-0.15, -0.1) is 0 Å². The highest BCUT2D eigenvalue weighted by Crippen LogP contribution is 2.19. The van der Waals surface area contributed by atoms with E-state index in [1.807, 2.05) is 0 Å². The topological polar surface area (TPSA) is 89.3 Å². The van der Waals surface area contributed by atoms with Crippen molar-refractivity contribution in [3.05, 3.63) is 59.9 Å². The molecule has 0 aromatic heterocycles. The van der Waals surface area contributed by atoms with Gasteiger partial charge in [0.15, 0.2) is 0 Å². The second-order valence-corrected chi connectivity index (χ2v) is 5.93. The van der Waals surface area contributed by atoms with Crippen molar-refractivity contribution < 1.29 is 17.6 Å². The molecule has 0 aliphatic heterocycles. The first-order valence-corrected chi connectivity index (χ1v) is 7.57. The molecule has 2 aromatic carbocycles. The number of rotatable bonds is 4. The molecule has 3 N–H and O–H groups in total. The number of para-hydroxylation sites is 1. The van der Waals surface area contributed by atoms with Gasteiger partial charge in [-0.1, -0.05) is 24.3 Å². The minimum Gasteiger partial charge on any atom is -0.325 e. The molecule has 0 unspecified atom stereocenters. The van der Waals surface area contributed by atoms with Gasteiger partial charge in [0.1, 0.15) is 10.7 Å². The fourth-order valence-corrected chi connectivity index (χ4v) is 2.54. The van der Waals surface area contributed by atoms with Gasteiger partial charge in [-0.3, -0.25) is 4.79 Å². The van der Waals surface area contributed by atoms with Crippen LogP contribution >= 0.6 is 0 Å². The number of carbonyl (C=O) groups is 1. The quantitative estimate of drug-likeness (QED) is 0.900. The first-order chi connectivity index (χ1) is 9.86. The average Bonchev–Trinajstić information content (AvgIpc) is 2.37. The smallest absolute Gasteiger partial charge is 0.240 e. The number of halogens is 1. The SMILES string of the molecule is NS(=O)(=O)c1ccccc1NC(=O)Cc1cccc(F)c1. The Hall–Kier alpha value is -2.25. The lowest BCUT2D eigenvalue weighted by atomic mass is 10.1. The summed E-state index contributed by atoms with van der Waals surface area (Å²) < 4.78 is 35.9. The van der Waals surface area contributed by atoms with E-state index in [4.69, 9.17) is 5.14 Å². The highest BCUT2D eigenvalue weighted by Gasteiger charge is 2.15. The minimum absolute atomic E-state index is 0.0727. The number of carbonyl (C=O) groups excluding carboxylic acids is 1. The van der Waals surface area contributed by atoms with Crippen molar-refractivity contribution in [1.82, 2.24) is 0 Å². The Labute approximate surface area is 121 Å². The lowest BCUT2D eigenvalue weighted by molar-refractivity contribution is -0.115. The Balaban J connectivity index is 2.17. The Morgan fingerprint density at radius 2 is 1.86 bits per heavy atom. The van der Waals surface area contributed by atoms with Gasteiger partial charge in [0.2, 0.25) is 15.9 Å². The predicted molar refractivity (Wildman–Crippen MR) is 76.5 cm³/mol. The first kappa shape index (κ1) is 15.1. The van der Waals surface area contributed by atoms with Crippen LogP contribution in [0, 0.1) is 5.82 Å². The molecule has 2 rings (SSSR count). The molecule has 0 atom stereocenters. The van der Waals surface area contributed by atoms with Crippen LogP contribution in [0.5, 0.6) is 0 Å². The number of hydrogen-bond donors (Lipinski definition) is 2. The van der Waals surface area contributed by atoms with E-state index in [0.717, 1.165) is 0 Å². The summed E-state index contributed by atoms with van der Waals surface area (Å²) in [5.41, 5.74) is 0.585. The zero-order valence-electron chi connectivity index (χ0n) is 10.9. The molecule has 0 heterocycles. The molecule has 110 valence electrons. The van der Waals surface area contributed by atoms with E-state index in [-0.39, 0.29) is 17.0 Å². The molecule has 0 spiro atoms. The van der Waals surface area contributed by atoms with Crippen molar-refractivity contribution in [2.45, 2.75) is 11.3 Å². The molecule has 21 heavy (non-hydrogen) atoms. The van der Waals surface area contributed by atoms with Crippen molar-refractivity contribution in [2.75, 3.05) is 5.32 Å². The summed E-state index contributed by atoms with van der Waals surface area (Å²) in [5.74, 6) is -0.901. The summed E-state index contributed by atoms with van der Waals surface area (Å²) >= 11 is 0. The number of benzene rings is 2. The zero-order valence-corrected chi connectivity index (χ0v) is 11.7. The Bertz CT molecular complexity index is 775. The van der Waals surface area contributed by atoms with E-state index in [0.29, 0.717) is 5.56 Å². The van der Waals surface area contributed by atoms with Crippen LogP contribution < -0.4 is 10.5 Å². The van der Waals surface area contributed by atoms with E-state index in [2.05, 4.69) is 5.32 Å². The van der Waals surface area contributed by atoms with Gasteiger partial charge in [0, 0.05) is 0 Å². The van der Waals surface area contributed by atoms with Crippen molar-refractivity contribution >= 4 is 21.6 Å². The second kappa shape index (κ2) is 6.02. The van der Waals surface area contributed by atoms with Gasteiger partial charge in [0.25, 0.3) is 0 Å². The molecule has 7 heteroatoms. The van der Waals surface area contributed by atoms with Gasteiger partial charge < -0.3 is 5.32 Å².